The number of nitrogens with zero attached hydrogens (tertiary/aromatic N) is 1. The lowest BCUT2D eigenvalue weighted by Crippen LogP contribution is -2.35. The van der Waals surface area contributed by atoms with Gasteiger partial charge < -0.3 is 10.1 Å². The molecule has 82 valence electrons. The van der Waals surface area contributed by atoms with Crippen molar-refractivity contribution in [3.05, 3.63) is 16.1 Å². The highest BCUT2D eigenvalue weighted by molar-refractivity contribution is 7.11. The summed E-state index contributed by atoms with van der Waals surface area (Å²) in [6.07, 6.45) is 8.17. The van der Waals surface area contributed by atoms with Crippen molar-refractivity contribution >= 4 is 17.6 Å². The molecule has 4 heteroatoms. The van der Waals surface area contributed by atoms with Gasteiger partial charge in [0.15, 0.2) is 0 Å². The minimum Gasteiger partial charge on any atom is -0.314 e. The summed E-state index contributed by atoms with van der Waals surface area (Å²) in [5, 5.41) is 4.66. The largest absolute Gasteiger partial charge is 0.314 e. The van der Waals surface area contributed by atoms with Crippen LogP contribution in [0.3, 0.4) is 0 Å². The maximum atomic E-state index is 10.3. The van der Waals surface area contributed by atoms with E-state index in [1.54, 1.807) is 11.3 Å². The fourth-order valence-corrected chi connectivity index (χ4v) is 2.88. The monoisotopic (exact) mass is 224 g/mol. The Labute approximate surface area is 93.9 Å². The number of nitrogens with one attached hydrogen (secondary N) is 1. The summed E-state index contributed by atoms with van der Waals surface area (Å²) in [7, 11) is 0. The Bertz CT molecular complexity index is 318. The summed E-state index contributed by atoms with van der Waals surface area (Å²) in [5.74, 6) is 0. The lowest BCUT2D eigenvalue weighted by molar-refractivity contribution is -0.107. The van der Waals surface area contributed by atoms with Crippen LogP contribution >= 0.6 is 11.3 Å². The first-order valence-electron chi connectivity index (χ1n) is 5.49. The molecule has 1 atom stereocenters. The number of hydrogen-bond donors (Lipinski definition) is 1. The molecular formula is C11H16N2OS. The molecule has 1 aliphatic heterocycles. The molecule has 3 nitrogen and oxygen atoms in total. The van der Waals surface area contributed by atoms with Crippen LogP contribution in [0.15, 0.2) is 6.20 Å². The van der Waals surface area contributed by atoms with E-state index in [0.29, 0.717) is 12.5 Å². The van der Waals surface area contributed by atoms with Gasteiger partial charge in [-0.2, -0.15) is 0 Å². The number of carbonyl (C=O) groups excluding carboxylic acids is 1. The SMILES string of the molecule is O=CCc1cnc(CC2CCCCN2)s1. The molecule has 15 heavy (non-hydrogen) atoms. The molecule has 1 unspecified atom stereocenters. The standard InChI is InChI=1S/C11H16N2OS/c14-6-4-10-8-13-11(15-10)7-9-3-1-2-5-12-9/h6,8-9,12H,1-5,7H2. The van der Waals surface area contributed by atoms with E-state index in [9.17, 15) is 4.79 Å². The number of aldehydes is 1. The number of aromatic nitrogens is 1. The van der Waals surface area contributed by atoms with E-state index < -0.39 is 0 Å². The van der Waals surface area contributed by atoms with Gasteiger partial charge in [-0.3, -0.25) is 0 Å². The predicted molar refractivity (Wildman–Crippen MR) is 61.2 cm³/mol. The van der Waals surface area contributed by atoms with Crippen LogP contribution in [0.25, 0.3) is 0 Å². The normalized spacial score (nSPS) is 21.5. The average molecular weight is 224 g/mol. The molecule has 2 rings (SSSR count). The van der Waals surface area contributed by atoms with Crippen molar-refractivity contribution in [2.45, 2.75) is 38.1 Å². The zero-order chi connectivity index (χ0) is 10.5. The molecule has 0 amide bonds. The van der Waals surface area contributed by atoms with E-state index in [0.717, 1.165) is 29.1 Å². The number of carbonyl (C=O) groups is 1. The Morgan fingerprint density at radius 1 is 1.60 bits per heavy atom. The highest BCUT2D eigenvalue weighted by Gasteiger charge is 2.14. The number of thiazole rings is 1. The number of piperidine rings is 1. The van der Waals surface area contributed by atoms with Crippen LogP contribution in [0.5, 0.6) is 0 Å². The van der Waals surface area contributed by atoms with Gasteiger partial charge in [0, 0.05) is 30.0 Å². The van der Waals surface area contributed by atoms with Crippen molar-refractivity contribution < 1.29 is 4.79 Å². The second-order valence-corrected chi connectivity index (χ2v) is 5.14. The van der Waals surface area contributed by atoms with Crippen LogP contribution in [0.1, 0.15) is 29.1 Å². The summed E-state index contributed by atoms with van der Waals surface area (Å²) in [6, 6.07) is 0.592. The Kier molecular flexibility index (Phi) is 3.86. The molecule has 0 aliphatic carbocycles. The Morgan fingerprint density at radius 2 is 2.53 bits per heavy atom. The van der Waals surface area contributed by atoms with Crippen molar-refractivity contribution in [1.82, 2.24) is 10.3 Å². The third kappa shape index (κ3) is 3.11. The van der Waals surface area contributed by atoms with Gasteiger partial charge in [-0.1, -0.05) is 6.42 Å². The summed E-state index contributed by atoms with van der Waals surface area (Å²) in [6.45, 7) is 1.14. The molecule has 0 spiro atoms. The highest BCUT2D eigenvalue weighted by atomic mass is 32.1. The first-order valence-corrected chi connectivity index (χ1v) is 6.31. The van der Waals surface area contributed by atoms with Crippen LogP contribution < -0.4 is 5.32 Å². The Morgan fingerprint density at radius 3 is 3.27 bits per heavy atom. The summed E-state index contributed by atoms with van der Waals surface area (Å²) in [5.41, 5.74) is 0. The number of rotatable bonds is 4. The minimum atomic E-state index is 0.510. The lowest BCUT2D eigenvalue weighted by Gasteiger charge is -2.22. The molecule has 0 aromatic carbocycles. The molecular weight excluding hydrogens is 208 g/mol. The molecule has 0 radical (unpaired) electrons. The van der Waals surface area contributed by atoms with E-state index in [4.69, 9.17) is 0 Å². The van der Waals surface area contributed by atoms with Gasteiger partial charge in [0.2, 0.25) is 0 Å². The topological polar surface area (TPSA) is 42.0 Å². The molecule has 0 saturated carbocycles. The summed E-state index contributed by atoms with van der Waals surface area (Å²) < 4.78 is 0. The second-order valence-electron chi connectivity index (χ2n) is 3.94. The van der Waals surface area contributed by atoms with Gasteiger partial charge in [0.1, 0.15) is 6.29 Å². The van der Waals surface area contributed by atoms with Crippen LogP contribution in [0.4, 0.5) is 0 Å². The van der Waals surface area contributed by atoms with E-state index in [1.807, 2.05) is 6.20 Å². The fraction of sp³-hybridized carbons (Fsp3) is 0.636. The molecule has 2 heterocycles. The van der Waals surface area contributed by atoms with Gasteiger partial charge in [0.25, 0.3) is 0 Å². The smallest absolute Gasteiger partial charge is 0.125 e. The van der Waals surface area contributed by atoms with Crippen molar-refractivity contribution in [1.29, 1.82) is 0 Å². The lowest BCUT2D eigenvalue weighted by atomic mass is 10.0. The predicted octanol–water partition coefficient (Wildman–Crippen LogP) is 1.57. The fourth-order valence-electron chi connectivity index (χ4n) is 1.93. The minimum absolute atomic E-state index is 0.510. The second kappa shape index (κ2) is 5.37. The van der Waals surface area contributed by atoms with Crippen molar-refractivity contribution in [2.24, 2.45) is 0 Å². The van der Waals surface area contributed by atoms with Crippen molar-refractivity contribution in [3.8, 4) is 0 Å². The van der Waals surface area contributed by atoms with Gasteiger partial charge >= 0.3 is 0 Å². The third-order valence-corrected chi connectivity index (χ3v) is 3.76. The van der Waals surface area contributed by atoms with Crippen molar-refractivity contribution in [2.75, 3.05) is 6.54 Å². The number of hydrogen-bond acceptors (Lipinski definition) is 4. The van der Waals surface area contributed by atoms with Gasteiger partial charge in [0.05, 0.1) is 5.01 Å². The molecule has 1 aromatic heterocycles. The first kappa shape index (κ1) is 10.8. The van der Waals surface area contributed by atoms with Crippen LogP contribution in [-0.2, 0) is 17.6 Å². The zero-order valence-electron chi connectivity index (χ0n) is 8.74. The van der Waals surface area contributed by atoms with Gasteiger partial charge in [-0.25, -0.2) is 4.98 Å². The average Bonchev–Trinajstić information content (AvgIpc) is 2.68. The molecule has 1 saturated heterocycles. The highest BCUT2D eigenvalue weighted by Crippen LogP contribution is 2.17. The molecule has 1 N–H and O–H groups in total. The third-order valence-electron chi connectivity index (χ3n) is 2.72. The molecule has 1 aromatic rings. The van der Waals surface area contributed by atoms with Gasteiger partial charge in [-0.15, -0.1) is 11.3 Å². The summed E-state index contributed by atoms with van der Waals surface area (Å²) >= 11 is 1.67. The van der Waals surface area contributed by atoms with Crippen LogP contribution in [0, 0.1) is 0 Å². The summed E-state index contributed by atoms with van der Waals surface area (Å²) in [4.78, 5) is 15.8. The Balaban J connectivity index is 1.88. The van der Waals surface area contributed by atoms with Crippen LogP contribution in [0.2, 0.25) is 0 Å². The zero-order valence-corrected chi connectivity index (χ0v) is 9.55. The molecule has 0 bridgehead atoms. The van der Waals surface area contributed by atoms with Crippen LogP contribution in [-0.4, -0.2) is 23.9 Å². The van der Waals surface area contributed by atoms with Crippen molar-refractivity contribution in [3.63, 3.8) is 0 Å². The van der Waals surface area contributed by atoms with E-state index in [2.05, 4.69) is 10.3 Å². The quantitative estimate of drug-likeness (QED) is 0.789. The molecule has 1 aliphatic rings. The Hall–Kier alpha value is -0.740. The van der Waals surface area contributed by atoms with E-state index in [-0.39, 0.29) is 0 Å². The van der Waals surface area contributed by atoms with Gasteiger partial charge in [-0.05, 0) is 19.4 Å². The maximum absolute atomic E-state index is 10.3. The van der Waals surface area contributed by atoms with E-state index in [1.165, 1.54) is 19.3 Å². The van der Waals surface area contributed by atoms with E-state index >= 15 is 0 Å². The first-order chi connectivity index (χ1) is 7.38. The molecule has 1 fully saturated rings. The maximum Gasteiger partial charge on any atom is 0.125 e.